The quantitative estimate of drug-likeness (QED) is 0.853. The van der Waals surface area contributed by atoms with Crippen LogP contribution in [-0.4, -0.2) is 11.8 Å². The van der Waals surface area contributed by atoms with Crippen molar-refractivity contribution in [2.75, 3.05) is 0 Å². The molecule has 0 aliphatic rings. The fourth-order valence-corrected chi connectivity index (χ4v) is 1.30. The highest BCUT2D eigenvalue weighted by Gasteiger charge is 2.17. The monoisotopic (exact) mass is 256 g/mol. The molecule has 2 amide bonds. The second kappa shape index (κ2) is 5.57. The van der Waals surface area contributed by atoms with E-state index in [4.69, 9.17) is 5.73 Å². The van der Waals surface area contributed by atoms with Crippen LogP contribution in [0.1, 0.15) is 29.8 Å². The van der Waals surface area contributed by atoms with E-state index < -0.39 is 23.1 Å². The normalized spacial score (nSPS) is 10.5. The number of hydrogen-bond donors (Lipinski definition) is 2. The van der Waals surface area contributed by atoms with Crippen molar-refractivity contribution in [3.8, 4) is 0 Å². The van der Waals surface area contributed by atoms with Crippen LogP contribution in [0.15, 0.2) is 12.1 Å². The van der Waals surface area contributed by atoms with Crippen LogP contribution in [0.5, 0.6) is 0 Å². The van der Waals surface area contributed by atoms with E-state index in [-0.39, 0.29) is 23.9 Å². The first-order valence-electron chi connectivity index (χ1n) is 5.39. The van der Waals surface area contributed by atoms with Gasteiger partial charge in [-0.1, -0.05) is 19.9 Å². The third-order valence-corrected chi connectivity index (χ3v) is 2.41. The lowest BCUT2D eigenvalue weighted by Crippen LogP contribution is -2.27. The summed E-state index contributed by atoms with van der Waals surface area (Å²) in [5.74, 6) is -4.02. The van der Waals surface area contributed by atoms with Gasteiger partial charge in [0, 0.05) is 18.0 Å². The summed E-state index contributed by atoms with van der Waals surface area (Å²) in [7, 11) is 0. The second-order valence-corrected chi connectivity index (χ2v) is 4.14. The van der Waals surface area contributed by atoms with E-state index in [1.807, 2.05) is 0 Å². The van der Waals surface area contributed by atoms with Crippen molar-refractivity contribution >= 4 is 11.8 Å². The Morgan fingerprint density at radius 2 is 1.89 bits per heavy atom. The summed E-state index contributed by atoms with van der Waals surface area (Å²) in [6.07, 6.45) is 0. The van der Waals surface area contributed by atoms with Gasteiger partial charge in [-0.3, -0.25) is 9.59 Å². The average molecular weight is 256 g/mol. The summed E-state index contributed by atoms with van der Waals surface area (Å²) in [6.45, 7) is 3.23. The third kappa shape index (κ3) is 3.03. The molecule has 0 aliphatic carbocycles. The van der Waals surface area contributed by atoms with Crippen LogP contribution in [-0.2, 0) is 11.3 Å². The van der Waals surface area contributed by atoms with Gasteiger partial charge in [0.15, 0.2) is 11.6 Å². The Hall–Kier alpha value is -1.98. The maximum absolute atomic E-state index is 13.5. The SMILES string of the molecule is CC(C)C(=O)NCc1ccc(C(N)=O)c(F)c1F. The predicted octanol–water partition coefficient (Wildman–Crippen LogP) is 1.34. The van der Waals surface area contributed by atoms with Crippen molar-refractivity contribution in [2.24, 2.45) is 11.7 Å². The largest absolute Gasteiger partial charge is 0.366 e. The average Bonchev–Trinajstić information content (AvgIpc) is 2.30. The molecule has 0 bridgehead atoms. The van der Waals surface area contributed by atoms with E-state index in [0.29, 0.717) is 0 Å². The van der Waals surface area contributed by atoms with E-state index in [0.717, 1.165) is 6.07 Å². The molecule has 0 aliphatic heterocycles. The smallest absolute Gasteiger partial charge is 0.251 e. The first-order valence-corrected chi connectivity index (χ1v) is 5.39. The van der Waals surface area contributed by atoms with Crippen LogP contribution in [0.3, 0.4) is 0 Å². The molecular formula is C12H14F2N2O2. The summed E-state index contributed by atoms with van der Waals surface area (Å²) < 4.78 is 26.9. The molecular weight excluding hydrogens is 242 g/mol. The molecule has 0 unspecified atom stereocenters. The minimum atomic E-state index is -1.29. The number of nitrogens with one attached hydrogen (secondary N) is 1. The van der Waals surface area contributed by atoms with Gasteiger partial charge in [0.1, 0.15) is 0 Å². The summed E-state index contributed by atoms with van der Waals surface area (Å²) >= 11 is 0. The predicted molar refractivity (Wildman–Crippen MR) is 61.6 cm³/mol. The number of carbonyl (C=O) groups is 2. The number of carbonyl (C=O) groups excluding carboxylic acids is 2. The molecule has 98 valence electrons. The van der Waals surface area contributed by atoms with E-state index in [1.165, 1.54) is 6.07 Å². The molecule has 0 spiro atoms. The van der Waals surface area contributed by atoms with Crippen LogP contribution in [0, 0.1) is 17.6 Å². The Morgan fingerprint density at radius 3 is 2.39 bits per heavy atom. The van der Waals surface area contributed by atoms with Crippen molar-refractivity contribution in [1.29, 1.82) is 0 Å². The first kappa shape index (κ1) is 14.1. The lowest BCUT2D eigenvalue weighted by Gasteiger charge is -2.09. The maximum atomic E-state index is 13.5. The lowest BCUT2D eigenvalue weighted by atomic mass is 10.1. The van der Waals surface area contributed by atoms with Gasteiger partial charge in [-0.2, -0.15) is 0 Å². The Morgan fingerprint density at radius 1 is 1.28 bits per heavy atom. The number of rotatable bonds is 4. The molecule has 1 aromatic carbocycles. The molecule has 0 fully saturated rings. The van der Waals surface area contributed by atoms with Crippen molar-refractivity contribution in [3.05, 3.63) is 34.9 Å². The third-order valence-electron chi connectivity index (χ3n) is 2.41. The number of primary amides is 1. The number of benzene rings is 1. The van der Waals surface area contributed by atoms with Crippen LogP contribution in [0.4, 0.5) is 8.78 Å². The van der Waals surface area contributed by atoms with Gasteiger partial charge in [0.25, 0.3) is 5.91 Å². The van der Waals surface area contributed by atoms with Gasteiger partial charge in [-0.05, 0) is 6.07 Å². The molecule has 3 N–H and O–H groups in total. The van der Waals surface area contributed by atoms with Crippen LogP contribution in [0.2, 0.25) is 0 Å². The first-order chi connectivity index (χ1) is 8.34. The number of nitrogens with two attached hydrogens (primary N) is 1. The number of hydrogen-bond acceptors (Lipinski definition) is 2. The van der Waals surface area contributed by atoms with Crippen molar-refractivity contribution in [3.63, 3.8) is 0 Å². The number of halogens is 2. The molecule has 0 heterocycles. The maximum Gasteiger partial charge on any atom is 0.251 e. The standard InChI is InChI=1S/C12H14F2N2O2/c1-6(2)12(18)16-5-7-3-4-8(11(15)17)10(14)9(7)13/h3-4,6H,5H2,1-2H3,(H2,15,17)(H,16,18). The molecule has 6 heteroatoms. The Labute approximate surface area is 103 Å². The molecule has 0 atom stereocenters. The highest BCUT2D eigenvalue weighted by atomic mass is 19.2. The molecule has 0 aromatic heterocycles. The van der Waals surface area contributed by atoms with Gasteiger partial charge in [-0.25, -0.2) is 8.78 Å². The van der Waals surface area contributed by atoms with Gasteiger partial charge < -0.3 is 11.1 Å². The molecule has 18 heavy (non-hydrogen) atoms. The Bertz CT molecular complexity index is 487. The summed E-state index contributed by atoms with van der Waals surface area (Å²) in [5.41, 5.74) is 4.34. The summed E-state index contributed by atoms with van der Waals surface area (Å²) in [5, 5.41) is 2.45. The van der Waals surface area contributed by atoms with Gasteiger partial charge in [0.05, 0.1) is 5.56 Å². The van der Waals surface area contributed by atoms with Crippen molar-refractivity contribution in [2.45, 2.75) is 20.4 Å². The molecule has 1 rings (SSSR count). The van der Waals surface area contributed by atoms with E-state index in [1.54, 1.807) is 13.8 Å². The van der Waals surface area contributed by atoms with Gasteiger partial charge >= 0.3 is 0 Å². The highest BCUT2D eigenvalue weighted by molar-refractivity contribution is 5.93. The molecule has 0 saturated carbocycles. The van der Waals surface area contributed by atoms with Gasteiger partial charge in [0.2, 0.25) is 5.91 Å². The number of amides is 2. The second-order valence-electron chi connectivity index (χ2n) is 4.14. The minimum absolute atomic E-state index is 0.0356. The zero-order valence-electron chi connectivity index (χ0n) is 10.1. The molecule has 4 nitrogen and oxygen atoms in total. The summed E-state index contributed by atoms with van der Waals surface area (Å²) in [6, 6.07) is 2.32. The van der Waals surface area contributed by atoms with Crippen LogP contribution < -0.4 is 11.1 Å². The van der Waals surface area contributed by atoms with Crippen LogP contribution >= 0.6 is 0 Å². The Balaban J connectivity index is 2.89. The lowest BCUT2D eigenvalue weighted by molar-refractivity contribution is -0.124. The fraction of sp³-hybridized carbons (Fsp3) is 0.333. The van der Waals surface area contributed by atoms with Gasteiger partial charge in [-0.15, -0.1) is 0 Å². The topological polar surface area (TPSA) is 72.2 Å². The minimum Gasteiger partial charge on any atom is -0.366 e. The summed E-state index contributed by atoms with van der Waals surface area (Å²) in [4.78, 5) is 22.1. The van der Waals surface area contributed by atoms with Crippen LogP contribution in [0.25, 0.3) is 0 Å². The van der Waals surface area contributed by atoms with Crippen molar-refractivity contribution < 1.29 is 18.4 Å². The fourth-order valence-electron chi connectivity index (χ4n) is 1.30. The van der Waals surface area contributed by atoms with E-state index in [2.05, 4.69) is 5.32 Å². The molecule has 1 aromatic rings. The molecule has 0 radical (unpaired) electrons. The van der Waals surface area contributed by atoms with E-state index in [9.17, 15) is 18.4 Å². The van der Waals surface area contributed by atoms with Crippen molar-refractivity contribution in [1.82, 2.24) is 5.32 Å². The zero-order valence-corrected chi connectivity index (χ0v) is 10.1. The molecule has 0 saturated heterocycles. The highest BCUT2D eigenvalue weighted by Crippen LogP contribution is 2.16. The van der Waals surface area contributed by atoms with E-state index >= 15 is 0 Å². The zero-order chi connectivity index (χ0) is 13.9. The Kier molecular flexibility index (Phi) is 4.36.